The summed E-state index contributed by atoms with van der Waals surface area (Å²) in [6, 6.07) is 0.0121. The van der Waals surface area contributed by atoms with E-state index in [1.807, 2.05) is 20.8 Å². The van der Waals surface area contributed by atoms with Crippen LogP contribution < -0.4 is 0 Å². The summed E-state index contributed by atoms with van der Waals surface area (Å²) in [6.45, 7) is 9.41. The van der Waals surface area contributed by atoms with Crippen molar-refractivity contribution in [2.45, 2.75) is 65.1 Å². The van der Waals surface area contributed by atoms with E-state index in [1.165, 1.54) is 12.0 Å². The van der Waals surface area contributed by atoms with E-state index in [9.17, 15) is 10.0 Å². The average Bonchev–Trinajstić information content (AvgIpc) is 2.13. The maximum Gasteiger partial charge on any atom is 0.302 e. The van der Waals surface area contributed by atoms with Gasteiger partial charge in [0.15, 0.2) is 0 Å². The van der Waals surface area contributed by atoms with Crippen LogP contribution in [-0.4, -0.2) is 33.9 Å². The molecule has 0 aromatic heterocycles. The molecule has 0 radical (unpaired) electrons. The lowest BCUT2D eigenvalue weighted by Crippen LogP contribution is -2.59. The van der Waals surface area contributed by atoms with Gasteiger partial charge in [0.25, 0.3) is 0 Å². The molecule has 4 heteroatoms. The fourth-order valence-electron chi connectivity index (χ4n) is 2.73. The SMILES string of the molecule is CCC1C(OC(C)=O)CC(C)(C)N(O)C1C. The summed E-state index contributed by atoms with van der Waals surface area (Å²) in [4.78, 5) is 11.1. The zero-order chi connectivity index (χ0) is 12.5. The first-order valence-electron chi connectivity index (χ1n) is 5.95. The van der Waals surface area contributed by atoms with E-state index in [-0.39, 0.29) is 29.6 Å². The number of rotatable bonds is 2. The van der Waals surface area contributed by atoms with Crippen molar-refractivity contribution in [1.29, 1.82) is 0 Å². The van der Waals surface area contributed by atoms with E-state index < -0.39 is 0 Å². The number of esters is 1. The molecule has 0 spiro atoms. The fourth-order valence-corrected chi connectivity index (χ4v) is 2.73. The highest BCUT2D eigenvalue weighted by Crippen LogP contribution is 2.37. The third-order valence-electron chi connectivity index (χ3n) is 3.59. The van der Waals surface area contributed by atoms with Gasteiger partial charge in [-0.25, -0.2) is 0 Å². The second-order valence-electron chi connectivity index (χ2n) is 5.32. The van der Waals surface area contributed by atoms with Crippen LogP contribution in [0.15, 0.2) is 0 Å². The second kappa shape index (κ2) is 4.72. The Morgan fingerprint density at radius 1 is 1.56 bits per heavy atom. The van der Waals surface area contributed by atoms with Crippen molar-refractivity contribution in [1.82, 2.24) is 5.06 Å². The lowest BCUT2D eigenvalue weighted by Gasteiger charge is -2.49. The number of hydroxylamine groups is 2. The van der Waals surface area contributed by atoms with Gasteiger partial charge in [-0.2, -0.15) is 5.06 Å². The first-order valence-corrected chi connectivity index (χ1v) is 5.95. The number of hydrogen-bond donors (Lipinski definition) is 1. The van der Waals surface area contributed by atoms with Gasteiger partial charge in [-0.15, -0.1) is 0 Å². The van der Waals surface area contributed by atoms with Crippen molar-refractivity contribution in [3.8, 4) is 0 Å². The van der Waals surface area contributed by atoms with Crippen LogP contribution >= 0.6 is 0 Å². The number of carbonyl (C=O) groups is 1. The molecule has 1 heterocycles. The van der Waals surface area contributed by atoms with Gasteiger partial charge >= 0.3 is 5.97 Å². The summed E-state index contributed by atoms with van der Waals surface area (Å²) < 4.78 is 5.37. The van der Waals surface area contributed by atoms with E-state index >= 15 is 0 Å². The highest BCUT2D eigenvalue weighted by molar-refractivity contribution is 5.66. The Morgan fingerprint density at radius 3 is 2.56 bits per heavy atom. The van der Waals surface area contributed by atoms with Crippen LogP contribution in [-0.2, 0) is 9.53 Å². The molecule has 1 aliphatic rings. The van der Waals surface area contributed by atoms with Crippen LogP contribution in [0.4, 0.5) is 0 Å². The minimum Gasteiger partial charge on any atom is -0.462 e. The highest BCUT2D eigenvalue weighted by atomic mass is 16.5. The highest BCUT2D eigenvalue weighted by Gasteiger charge is 2.45. The Balaban J connectivity index is 2.86. The van der Waals surface area contributed by atoms with Crippen LogP contribution in [0, 0.1) is 5.92 Å². The van der Waals surface area contributed by atoms with Crippen molar-refractivity contribution >= 4 is 5.97 Å². The Bertz CT molecular complexity index is 265. The zero-order valence-corrected chi connectivity index (χ0v) is 10.9. The number of piperidine rings is 1. The number of hydrogen-bond acceptors (Lipinski definition) is 4. The van der Waals surface area contributed by atoms with Gasteiger partial charge in [0, 0.05) is 30.8 Å². The molecule has 3 unspecified atom stereocenters. The topological polar surface area (TPSA) is 49.8 Å². The molecule has 0 aliphatic carbocycles. The average molecular weight is 229 g/mol. The lowest BCUT2D eigenvalue weighted by atomic mass is 9.78. The van der Waals surface area contributed by atoms with E-state index in [4.69, 9.17) is 4.74 Å². The predicted octanol–water partition coefficient (Wildman–Crippen LogP) is 2.21. The van der Waals surface area contributed by atoms with Crippen LogP contribution in [0.3, 0.4) is 0 Å². The normalized spacial score (nSPS) is 34.8. The quantitative estimate of drug-likeness (QED) is 0.737. The second-order valence-corrected chi connectivity index (χ2v) is 5.32. The molecule has 1 fully saturated rings. The van der Waals surface area contributed by atoms with E-state index in [0.717, 1.165) is 6.42 Å². The molecule has 0 aromatic carbocycles. The molecular formula is C12H23NO3. The van der Waals surface area contributed by atoms with Crippen molar-refractivity contribution in [3.63, 3.8) is 0 Å². The molecule has 1 rings (SSSR count). The van der Waals surface area contributed by atoms with Gasteiger partial charge < -0.3 is 9.94 Å². The summed E-state index contributed by atoms with van der Waals surface area (Å²) in [7, 11) is 0. The fraction of sp³-hybridized carbons (Fsp3) is 0.917. The summed E-state index contributed by atoms with van der Waals surface area (Å²) in [5, 5.41) is 11.5. The third kappa shape index (κ3) is 2.55. The van der Waals surface area contributed by atoms with Gasteiger partial charge in [0.2, 0.25) is 0 Å². The van der Waals surface area contributed by atoms with Crippen molar-refractivity contribution < 1.29 is 14.7 Å². The van der Waals surface area contributed by atoms with Gasteiger partial charge in [0.1, 0.15) is 6.10 Å². The zero-order valence-electron chi connectivity index (χ0n) is 10.9. The Labute approximate surface area is 97.5 Å². The van der Waals surface area contributed by atoms with Crippen LogP contribution in [0.25, 0.3) is 0 Å². The van der Waals surface area contributed by atoms with Crippen molar-refractivity contribution in [2.24, 2.45) is 5.92 Å². The lowest BCUT2D eigenvalue weighted by molar-refractivity contribution is -0.245. The molecule has 1 aliphatic heterocycles. The molecule has 0 amide bonds. The summed E-state index contributed by atoms with van der Waals surface area (Å²) in [6.07, 6.45) is 1.48. The molecule has 4 nitrogen and oxygen atoms in total. The molecule has 1 N–H and O–H groups in total. The van der Waals surface area contributed by atoms with Crippen LogP contribution in [0.5, 0.6) is 0 Å². The summed E-state index contributed by atoms with van der Waals surface area (Å²) >= 11 is 0. The van der Waals surface area contributed by atoms with Crippen molar-refractivity contribution in [2.75, 3.05) is 0 Å². The maximum absolute atomic E-state index is 11.1. The summed E-state index contributed by atoms with van der Waals surface area (Å²) in [5.74, 6) is -0.0419. The Hall–Kier alpha value is -0.610. The largest absolute Gasteiger partial charge is 0.462 e. The molecular weight excluding hydrogens is 206 g/mol. The third-order valence-corrected chi connectivity index (χ3v) is 3.59. The van der Waals surface area contributed by atoms with E-state index in [1.54, 1.807) is 0 Å². The van der Waals surface area contributed by atoms with Gasteiger partial charge in [-0.05, 0) is 27.2 Å². The van der Waals surface area contributed by atoms with Gasteiger partial charge in [-0.3, -0.25) is 4.79 Å². The first-order chi connectivity index (χ1) is 7.29. The van der Waals surface area contributed by atoms with Gasteiger partial charge in [-0.1, -0.05) is 6.92 Å². The molecule has 94 valence electrons. The number of ether oxygens (including phenoxy) is 1. The number of carbonyl (C=O) groups excluding carboxylic acids is 1. The van der Waals surface area contributed by atoms with Gasteiger partial charge in [0.05, 0.1) is 0 Å². The minimum absolute atomic E-state index is 0.0121. The summed E-state index contributed by atoms with van der Waals surface area (Å²) in [5.41, 5.74) is -0.342. The van der Waals surface area contributed by atoms with E-state index in [2.05, 4.69) is 6.92 Å². The molecule has 0 bridgehead atoms. The molecule has 1 saturated heterocycles. The molecule has 3 atom stereocenters. The molecule has 0 saturated carbocycles. The molecule has 16 heavy (non-hydrogen) atoms. The first kappa shape index (κ1) is 13.5. The monoisotopic (exact) mass is 229 g/mol. The van der Waals surface area contributed by atoms with Crippen LogP contribution in [0.1, 0.15) is 47.5 Å². The van der Waals surface area contributed by atoms with E-state index in [0.29, 0.717) is 6.42 Å². The van der Waals surface area contributed by atoms with Crippen molar-refractivity contribution in [3.05, 3.63) is 0 Å². The Morgan fingerprint density at radius 2 is 2.12 bits per heavy atom. The standard InChI is InChI=1S/C12H23NO3/c1-6-10-8(2)13(15)12(4,5)7-11(10)16-9(3)14/h8,10-11,15H,6-7H2,1-5H3. The maximum atomic E-state index is 11.1. The predicted molar refractivity (Wildman–Crippen MR) is 61.1 cm³/mol. The number of nitrogens with zero attached hydrogens (tertiary/aromatic N) is 1. The minimum atomic E-state index is -0.342. The Kier molecular flexibility index (Phi) is 3.97. The smallest absolute Gasteiger partial charge is 0.302 e. The van der Waals surface area contributed by atoms with Crippen LogP contribution in [0.2, 0.25) is 0 Å². The molecule has 0 aromatic rings.